The lowest BCUT2D eigenvalue weighted by atomic mass is 9.79. The van der Waals surface area contributed by atoms with E-state index in [9.17, 15) is 15.0 Å². The lowest BCUT2D eigenvalue weighted by molar-refractivity contribution is -0.172. The smallest absolute Gasteiger partial charge is 0.341 e. The van der Waals surface area contributed by atoms with Gasteiger partial charge >= 0.3 is 5.97 Å². The summed E-state index contributed by atoms with van der Waals surface area (Å²) >= 11 is 0. The van der Waals surface area contributed by atoms with Gasteiger partial charge in [-0.3, -0.25) is 0 Å². The van der Waals surface area contributed by atoms with E-state index >= 15 is 0 Å². The van der Waals surface area contributed by atoms with Gasteiger partial charge in [0, 0.05) is 24.5 Å². The first kappa shape index (κ1) is 12.7. The number of hydrogen-bond donors (Lipinski definition) is 2. The van der Waals surface area contributed by atoms with Crippen LogP contribution in [0.2, 0.25) is 0 Å². The summed E-state index contributed by atoms with van der Waals surface area (Å²) in [4.78, 5) is 15.6. The lowest BCUT2D eigenvalue weighted by Gasteiger charge is -2.38. The fourth-order valence-corrected chi connectivity index (χ4v) is 2.56. The van der Waals surface area contributed by atoms with Gasteiger partial charge in [-0.25, -0.2) is 9.78 Å². The minimum Gasteiger partial charge on any atom is -0.493 e. The molecule has 1 aliphatic rings. The van der Waals surface area contributed by atoms with Crippen LogP contribution >= 0.6 is 0 Å². The van der Waals surface area contributed by atoms with Crippen molar-refractivity contribution in [2.45, 2.75) is 12.1 Å². The number of aromatic nitrogens is 2. The quantitative estimate of drug-likeness (QED) is 0.867. The number of para-hydroxylation sites is 1. The van der Waals surface area contributed by atoms with Crippen molar-refractivity contribution >= 4 is 5.97 Å². The Morgan fingerprint density at radius 2 is 2.30 bits per heavy atom. The van der Waals surface area contributed by atoms with Crippen molar-refractivity contribution in [2.24, 2.45) is 5.92 Å². The third-order valence-corrected chi connectivity index (χ3v) is 3.64. The second-order valence-electron chi connectivity index (χ2n) is 4.84. The van der Waals surface area contributed by atoms with Crippen molar-refractivity contribution in [1.82, 2.24) is 9.55 Å². The van der Waals surface area contributed by atoms with E-state index in [1.807, 2.05) is 0 Å². The van der Waals surface area contributed by atoms with Gasteiger partial charge in [0.2, 0.25) is 0 Å². The van der Waals surface area contributed by atoms with Crippen LogP contribution in [0.15, 0.2) is 43.0 Å². The zero-order valence-corrected chi connectivity index (χ0v) is 10.6. The zero-order valence-electron chi connectivity index (χ0n) is 10.6. The number of imidazole rings is 1. The second kappa shape index (κ2) is 4.64. The summed E-state index contributed by atoms with van der Waals surface area (Å²) in [6.45, 7) is 0.453. The van der Waals surface area contributed by atoms with Crippen LogP contribution in [0.1, 0.15) is 5.56 Å². The number of rotatable bonds is 3. The second-order valence-corrected chi connectivity index (χ2v) is 4.84. The van der Waals surface area contributed by atoms with Crippen molar-refractivity contribution in [1.29, 1.82) is 0 Å². The average molecular weight is 274 g/mol. The number of benzene rings is 1. The van der Waals surface area contributed by atoms with Crippen molar-refractivity contribution in [3.8, 4) is 5.75 Å². The van der Waals surface area contributed by atoms with Gasteiger partial charge in [-0.2, -0.15) is 0 Å². The van der Waals surface area contributed by atoms with Gasteiger partial charge < -0.3 is 19.5 Å². The summed E-state index contributed by atoms with van der Waals surface area (Å²) in [5.41, 5.74) is -1.66. The van der Waals surface area contributed by atoms with Crippen LogP contribution in [0.5, 0.6) is 5.75 Å². The van der Waals surface area contributed by atoms with Crippen molar-refractivity contribution in [3.05, 3.63) is 48.5 Å². The van der Waals surface area contributed by atoms with Gasteiger partial charge in [-0.15, -0.1) is 0 Å². The highest BCUT2D eigenvalue weighted by atomic mass is 16.5. The van der Waals surface area contributed by atoms with Crippen LogP contribution in [-0.4, -0.2) is 32.3 Å². The molecule has 1 aromatic heterocycles. The molecular weight excluding hydrogens is 260 g/mol. The molecule has 104 valence electrons. The molecule has 0 aliphatic carbocycles. The van der Waals surface area contributed by atoms with Crippen LogP contribution in [0.3, 0.4) is 0 Å². The molecule has 0 spiro atoms. The Morgan fingerprint density at radius 1 is 1.50 bits per heavy atom. The van der Waals surface area contributed by atoms with Gasteiger partial charge in [0.15, 0.2) is 5.60 Å². The molecule has 2 unspecified atom stereocenters. The topological polar surface area (TPSA) is 84.6 Å². The number of fused-ring (bicyclic) bond motifs is 1. The predicted octanol–water partition coefficient (Wildman–Crippen LogP) is 0.864. The van der Waals surface area contributed by atoms with Gasteiger partial charge in [-0.1, -0.05) is 18.2 Å². The molecular formula is C14H14N2O4. The number of carboxylic acid groups (broad SMARTS) is 1. The first-order chi connectivity index (χ1) is 9.62. The van der Waals surface area contributed by atoms with Crippen molar-refractivity contribution in [2.75, 3.05) is 6.61 Å². The van der Waals surface area contributed by atoms with E-state index in [2.05, 4.69) is 4.98 Å². The van der Waals surface area contributed by atoms with Crippen LogP contribution in [0.4, 0.5) is 0 Å². The highest BCUT2D eigenvalue weighted by molar-refractivity contribution is 5.81. The van der Waals surface area contributed by atoms with Gasteiger partial charge in [0.1, 0.15) is 5.75 Å². The summed E-state index contributed by atoms with van der Waals surface area (Å²) < 4.78 is 7.31. The van der Waals surface area contributed by atoms with E-state index < -0.39 is 17.5 Å². The first-order valence-electron chi connectivity index (χ1n) is 6.26. The maximum absolute atomic E-state index is 11.6. The van der Waals surface area contributed by atoms with Crippen molar-refractivity contribution < 1.29 is 19.7 Å². The zero-order chi connectivity index (χ0) is 14.2. The number of ether oxygens (including phenoxy) is 1. The van der Waals surface area contributed by atoms with Gasteiger partial charge in [0.25, 0.3) is 0 Å². The standard InChI is InChI=1S/C14H14N2O4/c17-13(18)14(19)10(7-16-6-5-15-9-16)8-20-12-4-2-1-3-11(12)14/h1-6,9-10,19H,7-8H2,(H,17,18). The molecule has 0 saturated carbocycles. The first-order valence-corrected chi connectivity index (χ1v) is 6.26. The minimum atomic E-state index is -1.96. The van der Waals surface area contributed by atoms with E-state index in [1.165, 1.54) is 0 Å². The Hall–Kier alpha value is -2.34. The van der Waals surface area contributed by atoms with E-state index in [0.29, 0.717) is 17.9 Å². The number of carbonyl (C=O) groups is 1. The van der Waals surface area contributed by atoms with E-state index in [0.717, 1.165) is 0 Å². The highest BCUT2D eigenvalue weighted by Crippen LogP contribution is 2.41. The number of nitrogens with zero attached hydrogens (tertiary/aromatic N) is 2. The molecule has 2 heterocycles. The van der Waals surface area contributed by atoms with Crippen LogP contribution in [-0.2, 0) is 16.9 Å². The summed E-state index contributed by atoms with van der Waals surface area (Å²) in [7, 11) is 0. The molecule has 0 fully saturated rings. The molecule has 1 aliphatic heterocycles. The average Bonchev–Trinajstić information content (AvgIpc) is 2.95. The monoisotopic (exact) mass is 274 g/mol. The van der Waals surface area contributed by atoms with Gasteiger partial charge in [-0.05, 0) is 6.07 Å². The number of hydrogen-bond acceptors (Lipinski definition) is 4. The molecule has 6 nitrogen and oxygen atoms in total. The molecule has 1 aromatic carbocycles. The van der Waals surface area contributed by atoms with Crippen molar-refractivity contribution in [3.63, 3.8) is 0 Å². The van der Waals surface area contributed by atoms with Crippen LogP contribution in [0, 0.1) is 5.92 Å². The predicted molar refractivity (Wildman–Crippen MR) is 69.2 cm³/mol. The number of aliphatic hydroxyl groups is 1. The molecule has 0 bridgehead atoms. The SMILES string of the molecule is O=C(O)C1(O)c2ccccc2OCC1Cn1ccnc1. The third-order valence-electron chi connectivity index (χ3n) is 3.64. The normalized spacial score (nSPS) is 24.8. The lowest BCUT2D eigenvalue weighted by Crippen LogP contribution is -2.50. The maximum Gasteiger partial charge on any atom is 0.341 e. The minimum absolute atomic E-state index is 0.137. The molecule has 6 heteroatoms. The Balaban J connectivity index is 2.02. The molecule has 0 amide bonds. The molecule has 2 N–H and O–H groups in total. The Labute approximate surface area is 115 Å². The maximum atomic E-state index is 11.6. The summed E-state index contributed by atoms with van der Waals surface area (Å²) in [5.74, 6) is -1.44. The molecule has 0 radical (unpaired) electrons. The molecule has 2 atom stereocenters. The Bertz CT molecular complexity index is 626. The Morgan fingerprint density at radius 3 is 3.00 bits per heavy atom. The summed E-state index contributed by atoms with van der Waals surface area (Å²) in [6, 6.07) is 6.69. The van der Waals surface area contributed by atoms with E-state index in [1.54, 1.807) is 47.6 Å². The van der Waals surface area contributed by atoms with Crippen LogP contribution in [0.25, 0.3) is 0 Å². The molecule has 0 saturated heterocycles. The van der Waals surface area contributed by atoms with E-state index in [-0.39, 0.29) is 6.61 Å². The number of aliphatic carboxylic acids is 1. The van der Waals surface area contributed by atoms with E-state index in [4.69, 9.17) is 4.74 Å². The largest absolute Gasteiger partial charge is 0.493 e. The highest BCUT2D eigenvalue weighted by Gasteiger charge is 2.50. The summed E-state index contributed by atoms with van der Waals surface area (Å²) in [6.07, 6.45) is 4.92. The van der Waals surface area contributed by atoms with Crippen LogP contribution < -0.4 is 4.74 Å². The van der Waals surface area contributed by atoms with Gasteiger partial charge in [0.05, 0.1) is 18.9 Å². The molecule has 20 heavy (non-hydrogen) atoms. The third kappa shape index (κ3) is 1.85. The number of carboxylic acids is 1. The molecule has 3 rings (SSSR count). The summed E-state index contributed by atoms with van der Waals surface area (Å²) in [5, 5.41) is 20.3. The Kier molecular flexibility index (Phi) is 2.94. The molecule has 2 aromatic rings. The fraction of sp³-hybridized carbons (Fsp3) is 0.286. The fourth-order valence-electron chi connectivity index (χ4n) is 2.56.